The van der Waals surface area contributed by atoms with E-state index in [1.54, 1.807) is 0 Å². The van der Waals surface area contributed by atoms with Crippen molar-refractivity contribution in [1.29, 1.82) is 0 Å². The lowest BCUT2D eigenvalue weighted by Crippen LogP contribution is -2.11. The zero-order valence-electron chi connectivity index (χ0n) is 11.0. The van der Waals surface area contributed by atoms with E-state index in [0.717, 1.165) is 5.92 Å². The Bertz CT molecular complexity index is 124. The highest BCUT2D eigenvalue weighted by Gasteiger charge is 2.16. The van der Waals surface area contributed by atoms with E-state index >= 15 is 0 Å². The molecule has 0 aromatic carbocycles. The minimum absolute atomic E-state index is 0.584. The van der Waals surface area contributed by atoms with Gasteiger partial charge in [0.05, 0.1) is 0 Å². The van der Waals surface area contributed by atoms with Crippen molar-refractivity contribution in [2.24, 2.45) is 11.3 Å². The molecule has 0 bridgehead atoms. The standard InChI is InChI=1S/C14H30/c1-6-9-13(3)10-8-12-14(4,5)11-7-2/h13H,6-12H2,1-5H3. The van der Waals surface area contributed by atoms with Gasteiger partial charge in [0.2, 0.25) is 0 Å². The van der Waals surface area contributed by atoms with E-state index in [1.165, 1.54) is 44.9 Å². The molecule has 0 N–H and O–H groups in total. The molecule has 0 saturated heterocycles. The van der Waals surface area contributed by atoms with Gasteiger partial charge in [-0.1, -0.05) is 66.7 Å². The van der Waals surface area contributed by atoms with E-state index < -0.39 is 0 Å². The molecule has 0 amide bonds. The third-order valence-electron chi connectivity index (χ3n) is 3.26. The fraction of sp³-hybridized carbons (Fsp3) is 1.00. The number of hydrogen-bond acceptors (Lipinski definition) is 0. The molecule has 86 valence electrons. The molecule has 1 atom stereocenters. The van der Waals surface area contributed by atoms with E-state index in [0.29, 0.717) is 5.41 Å². The monoisotopic (exact) mass is 198 g/mol. The third kappa shape index (κ3) is 7.41. The molecular formula is C14H30. The van der Waals surface area contributed by atoms with E-state index in [-0.39, 0.29) is 0 Å². The molecule has 0 saturated carbocycles. The molecule has 0 nitrogen and oxygen atoms in total. The van der Waals surface area contributed by atoms with Crippen molar-refractivity contribution in [3.05, 3.63) is 0 Å². The van der Waals surface area contributed by atoms with Crippen molar-refractivity contribution < 1.29 is 0 Å². The van der Waals surface area contributed by atoms with Gasteiger partial charge >= 0.3 is 0 Å². The summed E-state index contributed by atoms with van der Waals surface area (Å²) < 4.78 is 0. The summed E-state index contributed by atoms with van der Waals surface area (Å²) >= 11 is 0. The Morgan fingerprint density at radius 3 is 2.07 bits per heavy atom. The first kappa shape index (κ1) is 14.0. The highest BCUT2D eigenvalue weighted by Crippen LogP contribution is 2.29. The maximum atomic E-state index is 2.42. The van der Waals surface area contributed by atoms with E-state index in [9.17, 15) is 0 Å². The van der Waals surface area contributed by atoms with Gasteiger partial charge in [-0.2, -0.15) is 0 Å². The summed E-state index contributed by atoms with van der Waals surface area (Å²) in [6.45, 7) is 11.8. The van der Waals surface area contributed by atoms with Gasteiger partial charge in [-0.3, -0.25) is 0 Å². The van der Waals surface area contributed by atoms with Gasteiger partial charge in [0.15, 0.2) is 0 Å². The van der Waals surface area contributed by atoms with Crippen LogP contribution in [0.2, 0.25) is 0 Å². The topological polar surface area (TPSA) is 0 Å². The van der Waals surface area contributed by atoms with Gasteiger partial charge in [-0.15, -0.1) is 0 Å². The van der Waals surface area contributed by atoms with Crippen molar-refractivity contribution in [2.75, 3.05) is 0 Å². The second-order valence-electron chi connectivity index (χ2n) is 5.70. The normalized spacial score (nSPS) is 14.4. The van der Waals surface area contributed by atoms with Crippen molar-refractivity contribution in [3.63, 3.8) is 0 Å². The maximum Gasteiger partial charge on any atom is -0.0354 e. The zero-order valence-corrected chi connectivity index (χ0v) is 11.0. The second-order valence-corrected chi connectivity index (χ2v) is 5.70. The van der Waals surface area contributed by atoms with Crippen LogP contribution in [-0.4, -0.2) is 0 Å². The molecule has 1 unspecified atom stereocenters. The van der Waals surface area contributed by atoms with Crippen LogP contribution in [0.4, 0.5) is 0 Å². The Balaban J connectivity index is 3.51. The second kappa shape index (κ2) is 7.31. The van der Waals surface area contributed by atoms with Gasteiger partial charge in [0, 0.05) is 0 Å². The van der Waals surface area contributed by atoms with Crippen LogP contribution in [0, 0.1) is 11.3 Å². The van der Waals surface area contributed by atoms with Gasteiger partial charge in [-0.05, 0) is 24.2 Å². The molecule has 0 aromatic rings. The molecule has 0 radical (unpaired) electrons. The van der Waals surface area contributed by atoms with Crippen LogP contribution in [-0.2, 0) is 0 Å². The lowest BCUT2D eigenvalue weighted by Gasteiger charge is -2.24. The fourth-order valence-corrected chi connectivity index (χ4v) is 2.37. The molecule has 0 fully saturated rings. The quantitative estimate of drug-likeness (QED) is 0.488. The van der Waals surface area contributed by atoms with Crippen LogP contribution < -0.4 is 0 Å². The summed E-state index contributed by atoms with van der Waals surface area (Å²) in [5, 5.41) is 0. The largest absolute Gasteiger partial charge is 0.0654 e. The average Bonchev–Trinajstić information content (AvgIpc) is 2.03. The average molecular weight is 198 g/mol. The van der Waals surface area contributed by atoms with Gasteiger partial charge in [-0.25, -0.2) is 0 Å². The van der Waals surface area contributed by atoms with E-state index in [2.05, 4.69) is 34.6 Å². The van der Waals surface area contributed by atoms with E-state index in [1.807, 2.05) is 0 Å². The third-order valence-corrected chi connectivity index (χ3v) is 3.26. The van der Waals surface area contributed by atoms with Crippen LogP contribution >= 0.6 is 0 Å². The zero-order chi connectivity index (χ0) is 11.0. The molecule has 0 rings (SSSR count). The summed E-state index contributed by atoms with van der Waals surface area (Å²) in [4.78, 5) is 0. The first-order valence-corrected chi connectivity index (χ1v) is 6.52. The summed E-state index contributed by atoms with van der Waals surface area (Å²) in [6, 6.07) is 0. The predicted octanol–water partition coefficient (Wildman–Crippen LogP) is 5.42. The van der Waals surface area contributed by atoms with Crippen LogP contribution in [0.15, 0.2) is 0 Å². The predicted molar refractivity (Wildman–Crippen MR) is 66.6 cm³/mol. The SMILES string of the molecule is CCCC(C)CCCC(C)(C)CCC. The van der Waals surface area contributed by atoms with Gasteiger partial charge in [0.25, 0.3) is 0 Å². The van der Waals surface area contributed by atoms with Crippen LogP contribution in [0.5, 0.6) is 0 Å². The first-order valence-electron chi connectivity index (χ1n) is 6.52. The van der Waals surface area contributed by atoms with Crippen molar-refractivity contribution in [1.82, 2.24) is 0 Å². The molecular weight excluding hydrogens is 168 g/mol. The summed E-state index contributed by atoms with van der Waals surface area (Å²) in [5.74, 6) is 0.942. The minimum Gasteiger partial charge on any atom is -0.0654 e. The van der Waals surface area contributed by atoms with Crippen molar-refractivity contribution >= 4 is 0 Å². The molecule has 0 heteroatoms. The first-order chi connectivity index (χ1) is 6.52. The van der Waals surface area contributed by atoms with Crippen LogP contribution in [0.25, 0.3) is 0 Å². The van der Waals surface area contributed by atoms with Crippen LogP contribution in [0.3, 0.4) is 0 Å². The van der Waals surface area contributed by atoms with Crippen molar-refractivity contribution in [3.8, 4) is 0 Å². The van der Waals surface area contributed by atoms with Gasteiger partial charge < -0.3 is 0 Å². The molecule has 0 heterocycles. The smallest absolute Gasteiger partial charge is 0.0354 e. The Labute approximate surface area is 91.5 Å². The fourth-order valence-electron chi connectivity index (χ4n) is 2.37. The van der Waals surface area contributed by atoms with E-state index in [4.69, 9.17) is 0 Å². The van der Waals surface area contributed by atoms with Crippen LogP contribution in [0.1, 0.15) is 79.6 Å². The Hall–Kier alpha value is 0. The molecule has 0 aliphatic rings. The summed E-state index contributed by atoms with van der Waals surface area (Å²) in [6.07, 6.45) is 9.74. The van der Waals surface area contributed by atoms with Crippen molar-refractivity contribution in [2.45, 2.75) is 79.6 Å². The lowest BCUT2D eigenvalue weighted by atomic mass is 9.82. The molecule has 0 aliphatic carbocycles. The van der Waals surface area contributed by atoms with Gasteiger partial charge in [0.1, 0.15) is 0 Å². The Morgan fingerprint density at radius 1 is 0.929 bits per heavy atom. The molecule has 0 aliphatic heterocycles. The lowest BCUT2D eigenvalue weighted by molar-refractivity contribution is 0.282. The summed E-state index contributed by atoms with van der Waals surface area (Å²) in [5.41, 5.74) is 0.584. The highest BCUT2D eigenvalue weighted by atomic mass is 14.2. The number of rotatable bonds is 8. The molecule has 0 aromatic heterocycles. The minimum atomic E-state index is 0.584. The molecule has 14 heavy (non-hydrogen) atoms. The Morgan fingerprint density at radius 2 is 1.57 bits per heavy atom. The number of hydrogen-bond donors (Lipinski definition) is 0. The highest BCUT2D eigenvalue weighted by molar-refractivity contribution is 4.68. The molecule has 0 spiro atoms. The maximum absolute atomic E-state index is 2.42. The Kier molecular flexibility index (Phi) is 7.31. The summed E-state index contributed by atoms with van der Waals surface area (Å²) in [7, 11) is 0.